The maximum atomic E-state index is 10.8. The van der Waals surface area contributed by atoms with Crippen molar-refractivity contribution in [3.63, 3.8) is 0 Å². The molecule has 3 aromatic rings. The Morgan fingerprint density at radius 2 is 2.32 bits per heavy atom. The topological polar surface area (TPSA) is 115 Å². The molecule has 0 aliphatic rings. The van der Waals surface area contributed by atoms with Crippen LogP contribution in [0.15, 0.2) is 18.2 Å². The van der Waals surface area contributed by atoms with Crippen molar-refractivity contribution < 1.29 is 4.79 Å². The minimum atomic E-state index is -0.511. The third-order valence-electron chi connectivity index (χ3n) is 2.61. The first-order valence-corrected chi connectivity index (χ1v) is 5.65. The first kappa shape index (κ1) is 11.3. The Balaban J connectivity index is 1.98. The molecule has 19 heavy (non-hydrogen) atoms. The maximum absolute atomic E-state index is 10.8. The van der Waals surface area contributed by atoms with Crippen molar-refractivity contribution in [2.24, 2.45) is 5.73 Å². The van der Waals surface area contributed by atoms with Crippen LogP contribution in [0.5, 0.6) is 0 Å². The van der Waals surface area contributed by atoms with Crippen LogP contribution in [-0.4, -0.2) is 36.1 Å². The van der Waals surface area contributed by atoms with Gasteiger partial charge >= 0.3 is 0 Å². The third-order valence-corrected chi connectivity index (χ3v) is 2.61. The number of carbonyl (C=O) groups excluding carboxylic acids is 1. The predicted octanol–water partition coefficient (Wildman–Crippen LogP) is 0.0101. The number of fused-ring (bicyclic) bond motifs is 1. The highest BCUT2D eigenvalue weighted by atomic mass is 16.1. The molecule has 0 atom stereocenters. The van der Waals surface area contributed by atoms with Crippen LogP contribution in [0.1, 0.15) is 5.82 Å². The van der Waals surface area contributed by atoms with E-state index < -0.39 is 5.91 Å². The van der Waals surface area contributed by atoms with Crippen molar-refractivity contribution in [3.05, 3.63) is 24.0 Å². The van der Waals surface area contributed by atoms with E-state index in [1.54, 1.807) is 0 Å². The van der Waals surface area contributed by atoms with Crippen LogP contribution in [0, 0.1) is 6.92 Å². The van der Waals surface area contributed by atoms with Gasteiger partial charge in [-0.05, 0) is 30.3 Å². The lowest BCUT2D eigenvalue weighted by molar-refractivity contribution is -0.118. The summed E-state index contributed by atoms with van der Waals surface area (Å²) in [7, 11) is 0. The van der Waals surface area contributed by atoms with Crippen LogP contribution >= 0.6 is 0 Å². The molecule has 1 amide bonds. The standard InChI is InChI=1S/C11H11N7O/c1-6-13-8-3-2-7(4-9(8)14-6)11-15-17-18(16-11)5-10(12)19/h2-4H,5H2,1H3,(H2,12,19)(H,13,14). The molecule has 1 aromatic carbocycles. The summed E-state index contributed by atoms with van der Waals surface area (Å²) in [6.07, 6.45) is 0. The number of carbonyl (C=O) groups is 1. The molecular formula is C11H11N7O. The minimum Gasteiger partial charge on any atom is -0.368 e. The van der Waals surface area contributed by atoms with E-state index in [1.807, 2.05) is 25.1 Å². The average molecular weight is 257 g/mol. The summed E-state index contributed by atoms with van der Waals surface area (Å²) >= 11 is 0. The fourth-order valence-electron chi connectivity index (χ4n) is 1.84. The number of nitrogens with two attached hydrogens (primary N) is 1. The van der Waals surface area contributed by atoms with Crippen molar-refractivity contribution in [1.29, 1.82) is 0 Å². The van der Waals surface area contributed by atoms with Gasteiger partial charge in [-0.15, -0.1) is 10.2 Å². The average Bonchev–Trinajstić information content (AvgIpc) is 2.92. The molecule has 0 saturated heterocycles. The molecule has 3 N–H and O–H groups in total. The summed E-state index contributed by atoms with van der Waals surface area (Å²) in [5.41, 5.74) is 7.65. The van der Waals surface area contributed by atoms with E-state index >= 15 is 0 Å². The monoisotopic (exact) mass is 257 g/mol. The summed E-state index contributed by atoms with van der Waals surface area (Å²) in [5.74, 6) is 0.775. The fourth-order valence-corrected chi connectivity index (χ4v) is 1.84. The minimum absolute atomic E-state index is 0.0849. The molecule has 0 spiro atoms. The number of H-pyrrole nitrogens is 1. The van der Waals surface area contributed by atoms with Crippen molar-refractivity contribution in [2.45, 2.75) is 13.5 Å². The molecule has 8 heteroatoms. The normalized spacial score (nSPS) is 11.0. The van der Waals surface area contributed by atoms with E-state index in [9.17, 15) is 4.79 Å². The number of hydrogen-bond donors (Lipinski definition) is 2. The number of tetrazole rings is 1. The Kier molecular flexibility index (Phi) is 2.48. The highest BCUT2D eigenvalue weighted by Gasteiger charge is 2.09. The zero-order valence-electron chi connectivity index (χ0n) is 10.2. The molecule has 0 aliphatic heterocycles. The number of aryl methyl sites for hydroxylation is 1. The summed E-state index contributed by atoms with van der Waals surface area (Å²) in [4.78, 5) is 19.4. The van der Waals surface area contributed by atoms with Crippen LogP contribution in [0.25, 0.3) is 22.4 Å². The number of benzene rings is 1. The molecule has 0 unspecified atom stereocenters. The predicted molar refractivity (Wildman–Crippen MR) is 66.8 cm³/mol. The smallest absolute Gasteiger partial charge is 0.241 e. The van der Waals surface area contributed by atoms with E-state index in [-0.39, 0.29) is 6.54 Å². The molecule has 0 aliphatic carbocycles. The van der Waals surface area contributed by atoms with Gasteiger partial charge in [0, 0.05) is 5.56 Å². The number of rotatable bonds is 3. The van der Waals surface area contributed by atoms with Crippen LogP contribution in [0.3, 0.4) is 0 Å². The summed E-state index contributed by atoms with van der Waals surface area (Å²) in [6, 6.07) is 5.62. The Labute approximate surface area is 107 Å². The van der Waals surface area contributed by atoms with Crippen LogP contribution in [0.2, 0.25) is 0 Å². The summed E-state index contributed by atoms with van der Waals surface area (Å²) in [5, 5.41) is 11.8. The zero-order valence-corrected chi connectivity index (χ0v) is 10.2. The molecule has 8 nitrogen and oxygen atoms in total. The van der Waals surface area contributed by atoms with E-state index in [1.165, 1.54) is 4.80 Å². The van der Waals surface area contributed by atoms with Crippen LogP contribution in [0.4, 0.5) is 0 Å². The molecule has 0 radical (unpaired) electrons. The van der Waals surface area contributed by atoms with Gasteiger partial charge in [0.15, 0.2) is 0 Å². The van der Waals surface area contributed by atoms with Gasteiger partial charge < -0.3 is 10.7 Å². The van der Waals surface area contributed by atoms with Crippen molar-refractivity contribution in [2.75, 3.05) is 0 Å². The van der Waals surface area contributed by atoms with Crippen molar-refractivity contribution in [1.82, 2.24) is 30.2 Å². The number of aromatic nitrogens is 6. The van der Waals surface area contributed by atoms with Gasteiger partial charge in [-0.25, -0.2) is 4.98 Å². The van der Waals surface area contributed by atoms with Gasteiger partial charge in [0.25, 0.3) is 0 Å². The molecule has 2 aromatic heterocycles. The highest BCUT2D eigenvalue weighted by molar-refractivity contribution is 5.80. The number of primary amides is 1. The molecule has 3 rings (SSSR count). The van der Waals surface area contributed by atoms with Crippen LogP contribution in [-0.2, 0) is 11.3 Å². The van der Waals surface area contributed by atoms with Crippen molar-refractivity contribution in [3.8, 4) is 11.4 Å². The van der Waals surface area contributed by atoms with E-state index in [0.717, 1.165) is 22.4 Å². The zero-order chi connectivity index (χ0) is 13.4. The second-order valence-electron chi connectivity index (χ2n) is 4.16. The largest absolute Gasteiger partial charge is 0.368 e. The lowest BCUT2D eigenvalue weighted by atomic mass is 10.2. The lowest BCUT2D eigenvalue weighted by Crippen LogP contribution is -2.20. The summed E-state index contributed by atoms with van der Waals surface area (Å²) < 4.78 is 0. The Morgan fingerprint density at radius 1 is 1.47 bits per heavy atom. The van der Waals surface area contributed by atoms with E-state index in [4.69, 9.17) is 5.73 Å². The van der Waals surface area contributed by atoms with Gasteiger partial charge in [-0.2, -0.15) is 4.80 Å². The van der Waals surface area contributed by atoms with Gasteiger partial charge in [0.1, 0.15) is 12.4 Å². The van der Waals surface area contributed by atoms with Crippen molar-refractivity contribution >= 4 is 16.9 Å². The molecule has 0 saturated carbocycles. The highest BCUT2D eigenvalue weighted by Crippen LogP contribution is 2.19. The van der Waals surface area contributed by atoms with Gasteiger partial charge in [-0.1, -0.05) is 0 Å². The Hall–Kier alpha value is -2.77. The molecule has 2 heterocycles. The van der Waals surface area contributed by atoms with E-state index in [2.05, 4.69) is 25.4 Å². The first-order valence-electron chi connectivity index (χ1n) is 5.65. The van der Waals surface area contributed by atoms with Gasteiger partial charge in [-0.3, -0.25) is 4.79 Å². The molecule has 0 bridgehead atoms. The SMILES string of the molecule is Cc1nc2ccc(-c3nnn(CC(N)=O)n3)cc2[nH]1. The number of imidazole rings is 1. The second-order valence-corrected chi connectivity index (χ2v) is 4.16. The maximum Gasteiger partial charge on any atom is 0.241 e. The van der Waals surface area contributed by atoms with Gasteiger partial charge in [0.2, 0.25) is 11.7 Å². The Bertz CT molecular complexity index is 757. The first-order chi connectivity index (χ1) is 9.11. The Morgan fingerprint density at radius 3 is 3.11 bits per heavy atom. The third kappa shape index (κ3) is 2.15. The van der Waals surface area contributed by atoms with Gasteiger partial charge in [0.05, 0.1) is 11.0 Å². The second kappa shape index (κ2) is 4.16. The fraction of sp³-hybridized carbons (Fsp3) is 0.182. The van der Waals surface area contributed by atoms with Crippen LogP contribution < -0.4 is 5.73 Å². The summed E-state index contributed by atoms with van der Waals surface area (Å²) in [6.45, 7) is 1.81. The molecule has 0 fully saturated rings. The molecular weight excluding hydrogens is 246 g/mol. The number of aromatic amines is 1. The number of nitrogens with one attached hydrogen (secondary N) is 1. The number of nitrogens with zero attached hydrogens (tertiary/aromatic N) is 5. The van der Waals surface area contributed by atoms with E-state index in [0.29, 0.717) is 5.82 Å². The quantitative estimate of drug-likeness (QED) is 0.685. The lowest BCUT2D eigenvalue weighted by Gasteiger charge is -1.94. The molecule has 96 valence electrons. The number of amides is 1. The number of hydrogen-bond acceptors (Lipinski definition) is 5.